The van der Waals surface area contributed by atoms with Crippen molar-refractivity contribution in [3.8, 4) is 27.6 Å². The van der Waals surface area contributed by atoms with Crippen LogP contribution in [0, 0.1) is 10.1 Å². The first-order valence-corrected chi connectivity index (χ1v) is 12.0. The van der Waals surface area contributed by atoms with E-state index in [0.29, 0.717) is 22.1 Å². The second-order valence-corrected chi connectivity index (χ2v) is 9.09. The van der Waals surface area contributed by atoms with Crippen LogP contribution in [0.3, 0.4) is 0 Å². The molecule has 2 heterocycles. The zero-order valence-electron chi connectivity index (χ0n) is 17.8. The number of nitro benzene ring substituents is 1. The summed E-state index contributed by atoms with van der Waals surface area (Å²) in [5.74, 6) is 0. The van der Waals surface area contributed by atoms with Gasteiger partial charge >= 0.3 is 5.56 Å². The maximum atomic E-state index is 13.4. The summed E-state index contributed by atoms with van der Waals surface area (Å²) in [4.78, 5) is 28.6. The monoisotopic (exact) mass is 546 g/mol. The fourth-order valence-electron chi connectivity index (χ4n) is 3.33. The Morgan fingerprint density at radius 2 is 1.66 bits per heavy atom. The van der Waals surface area contributed by atoms with Gasteiger partial charge in [-0.2, -0.15) is 9.80 Å². The average Bonchev–Trinajstić information content (AvgIpc) is 3.49. The quantitative estimate of drug-likeness (QED) is 0.139. The highest BCUT2D eigenvalue weighted by Crippen LogP contribution is 2.31. The van der Waals surface area contributed by atoms with Crippen LogP contribution in [-0.2, 0) is 0 Å². The lowest BCUT2D eigenvalue weighted by atomic mass is 10.1. The van der Waals surface area contributed by atoms with E-state index in [4.69, 9.17) is 0 Å². The van der Waals surface area contributed by atoms with Crippen molar-refractivity contribution in [1.82, 2.24) is 14.8 Å². The number of hydrogen-bond donors (Lipinski definition) is 1. The van der Waals surface area contributed by atoms with Gasteiger partial charge in [0, 0.05) is 33.1 Å². The number of hydrogen-bond acceptors (Lipinski definition) is 7. The fourth-order valence-corrected chi connectivity index (χ4v) is 4.39. The van der Waals surface area contributed by atoms with Crippen molar-refractivity contribution in [2.24, 2.45) is 10.2 Å². The first-order chi connectivity index (χ1) is 17.0. The third-order valence-corrected chi connectivity index (χ3v) is 6.43. The number of non-ortho nitro benzene ring substituents is 1. The molecular formula is C24H15BrN6O3S. The maximum absolute atomic E-state index is 13.4. The summed E-state index contributed by atoms with van der Waals surface area (Å²) in [6, 6.07) is 22.7. The number of azo groups is 1. The lowest BCUT2D eigenvalue weighted by molar-refractivity contribution is -0.384. The molecule has 0 saturated heterocycles. The predicted molar refractivity (Wildman–Crippen MR) is 138 cm³/mol. The molecule has 0 spiro atoms. The number of thiazole rings is 1. The van der Waals surface area contributed by atoms with Crippen LogP contribution < -0.4 is 5.56 Å². The molecule has 3 aromatic carbocycles. The zero-order valence-corrected chi connectivity index (χ0v) is 20.2. The molecule has 35 heavy (non-hydrogen) atoms. The Bertz CT molecular complexity index is 1590. The molecule has 1 N–H and O–H groups in total. The van der Waals surface area contributed by atoms with Crippen LogP contribution in [0.5, 0.6) is 0 Å². The minimum atomic E-state index is -0.480. The minimum absolute atomic E-state index is 0.0546. The molecule has 0 aliphatic rings. The Morgan fingerprint density at radius 1 is 0.943 bits per heavy atom. The number of aromatic amines is 1. The van der Waals surface area contributed by atoms with Crippen molar-refractivity contribution in [1.29, 1.82) is 0 Å². The Balaban J connectivity index is 1.60. The molecule has 0 aliphatic carbocycles. The van der Waals surface area contributed by atoms with E-state index in [1.807, 2.05) is 47.8 Å². The summed E-state index contributed by atoms with van der Waals surface area (Å²) in [5.41, 5.74) is 2.74. The summed E-state index contributed by atoms with van der Waals surface area (Å²) in [6.45, 7) is 0. The van der Waals surface area contributed by atoms with Gasteiger partial charge in [-0.15, -0.1) is 16.5 Å². The second kappa shape index (κ2) is 9.57. The lowest BCUT2D eigenvalue weighted by Gasteiger charge is -2.00. The standard InChI is InChI=1S/C24H15BrN6O3S/c25-17-8-10-18(11-9-17)27-28-22-21(16-6-12-19(13-7-16)31(33)34)29-30(23(22)32)24-26-20(14-35-24)15-4-2-1-3-5-15/h1-14,29H. The minimum Gasteiger partial charge on any atom is -0.286 e. The third-order valence-electron chi connectivity index (χ3n) is 5.08. The topological polar surface area (TPSA) is 119 Å². The van der Waals surface area contributed by atoms with E-state index in [2.05, 4.69) is 36.2 Å². The molecule has 2 aromatic heterocycles. The Morgan fingerprint density at radius 3 is 2.34 bits per heavy atom. The Kier molecular flexibility index (Phi) is 6.17. The van der Waals surface area contributed by atoms with Crippen molar-refractivity contribution in [3.63, 3.8) is 0 Å². The van der Waals surface area contributed by atoms with Gasteiger partial charge in [-0.1, -0.05) is 46.3 Å². The SMILES string of the molecule is O=c1c(N=Nc2ccc(Br)cc2)c(-c2ccc([N+](=O)[O-])cc2)[nH]n1-c1nc(-c2ccccc2)cs1. The van der Waals surface area contributed by atoms with Gasteiger partial charge in [0.05, 0.1) is 22.0 Å². The Labute approximate surface area is 210 Å². The summed E-state index contributed by atoms with van der Waals surface area (Å²) in [6.07, 6.45) is 0. The van der Waals surface area contributed by atoms with Crippen molar-refractivity contribution in [2.75, 3.05) is 0 Å². The molecule has 0 amide bonds. The summed E-state index contributed by atoms with van der Waals surface area (Å²) < 4.78 is 2.20. The van der Waals surface area contributed by atoms with Gasteiger partial charge in [0.2, 0.25) is 5.13 Å². The average molecular weight is 547 g/mol. The number of rotatable bonds is 6. The van der Waals surface area contributed by atoms with Crippen LogP contribution in [0.15, 0.2) is 104 Å². The highest BCUT2D eigenvalue weighted by molar-refractivity contribution is 9.10. The molecule has 0 saturated carbocycles. The van der Waals surface area contributed by atoms with Gasteiger partial charge < -0.3 is 0 Å². The molecule has 11 heteroatoms. The number of nitrogens with one attached hydrogen (secondary N) is 1. The molecule has 0 radical (unpaired) electrons. The normalized spacial score (nSPS) is 11.2. The first-order valence-electron chi connectivity index (χ1n) is 10.3. The molecule has 0 fully saturated rings. The molecule has 9 nitrogen and oxygen atoms in total. The van der Waals surface area contributed by atoms with E-state index in [9.17, 15) is 14.9 Å². The highest BCUT2D eigenvalue weighted by Gasteiger charge is 2.20. The number of H-pyrrole nitrogens is 1. The van der Waals surface area contributed by atoms with Crippen LogP contribution in [-0.4, -0.2) is 19.7 Å². The number of benzene rings is 3. The molecule has 0 atom stereocenters. The number of aromatic nitrogens is 3. The molecule has 5 rings (SSSR count). The smallest absolute Gasteiger partial charge is 0.286 e. The van der Waals surface area contributed by atoms with Gasteiger partial charge in [-0.3, -0.25) is 20.0 Å². The Hall–Kier alpha value is -4.22. The van der Waals surface area contributed by atoms with E-state index < -0.39 is 10.5 Å². The third kappa shape index (κ3) is 4.72. The first kappa shape index (κ1) is 22.6. The fraction of sp³-hybridized carbons (Fsp3) is 0. The van der Waals surface area contributed by atoms with Crippen LogP contribution in [0.25, 0.3) is 27.6 Å². The summed E-state index contributed by atoms with van der Waals surface area (Å²) in [7, 11) is 0. The zero-order chi connectivity index (χ0) is 24.4. The molecule has 172 valence electrons. The number of nitrogens with zero attached hydrogens (tertiary/aromatic N) is 5. The van der Waals surface area contributed by atoms with E-state index in [1.165, 1.54) is 28.2 Å². The van der Waals surface area contributed by atoms with Crippen LogP contribution in [0.4, 0.5) is 17.1 Å². The van der Waals surface area contributed by atoms with Gasteiger partial charge in [0.1, 0.15) is 0 Å². The van der Waals surface area contributed by atoms with Crippen molar-refractivity contribution in [3.05, 3.63) is 109 Å². The second-order valence-electron chi connectivity index (χ2n) is 7.34. The molecule has 0 bridgehead atoms. The van der Waals surface area contributed by atoms with Crippen molar-refractivity contribution in [2.45, 2.75) is 0 Å². The van der Waals surface area contributed by atoms with Crippen LogP contribution >= 0.6 is 27.3 Å². The van der Waals surface area contributed by atoms with E-state index in [1.54, 1.807) is 24.3 Å². The largest absolute Gasteiger partial charge is 0.301 e. The highest BCUT2D eigenvalue weighted by atomic mass is 79.9. The summed E-state index contributed by atoms with van der Waals surface area (Å²) in [5, 5.41) is 24.9. The van der Waals surface area contributed by atoms with Crippen LogP contribution in [0.1, 0.15) is 0 Å². The molecule has 0 unspecified atom stereocenters. The van der Waals surface area contributed by atoms with Crippen molar-refractivity contribution < 1.29 is 4.92 Å². The van der Waals surface area contributed by atoms with Crippen LogP contribution in [0.2, 0.25) is 0 Å². The van der Waals surface area contributed by atoms with Crippen molar-refractivity contribution >= 4 is 44.3 Å². The van der Waals surface area contributed by atoms with E-state index in [-0.39, 0.29) is 11.4 Å². The van der Waals surface area contributed by atoms with E-state index in [0.717, 1.165) is 15.7 Å². The van der Waals surface area contributed by atoms with Gasteiger partial charge in [-0.25, -0.2) is 4.98 Å². The summed E-state index contributed by atoms with van der Waals surface area (Å²) >= 11 is 4.68. The van der Waals surface area contributed by atoms with Gasteiger partial charge in [0.25, 0.3) is 5.69 Å². The maximum Gasteiger partial charge on any atom is 0.301 e. The lowest BCUT2D eigenvalue weighted by Crippen LogP contribution is -2.13. The number of halogens is 1. The van der Waals surface area contributed by atoms with E-state index >= 15 is 0 Å². The van der Waals surface area contributed by atoms with Gasteiger partial charge in [-0.05, 0) is 36.4 Å². The number of nitro groups is 1. The van der Waals surface area contributed by atoms with Gasteiger partial charge in [0.15, 0.2) is 5.69 Å². The molecule has 0 aliphatic heterocycles. The molecular weight excluding hydrogens is 532 g/mol. The molecule has 5 aromatic rings. The predicted octanol–water partition coefficient (Wildman–Crippen LogP) is 7.04.